The van der Waals surface area contributed by atoms with E-state index in [1.54, 1.807) is 12.1 Å². The molecule has 0 aliphatic rings. The van der Waals surface area contributed by atoms with Gasteiger partial charge in [-0.1, -0.05) is 41.4 Å². The van der Waals surface area contributed by atoms with Gasteiger partial charge in [-0.15, -0.1) is 0 Å². The molecule has 0 saturated carbocycles. The Morgan fingerprint density at radius 1 is 0.952 bits per heavy atom. The fraction of sp³-hybridized carbons (Fsp3) is 0.125. The molecule has 3 aromatic rings. The Bertz CT molecular complexity index is 863. The van der Waals surface area contributed by atoms with Gasteiger partial charge in [-0.25, -0.2) is 14.4 Å². The lowest BCUT2D eigenvalue weighted by Crippen LogP contribution is -1.96. The Morgan fingerprint density at radius 2 is 1.67 bits per heavy atom. The lowest BCUT2D eigenvalue weighted by atomic mass is 10.1. The molecule has 1 aromatic heterocycles. The van der Waals surface area contributed by atoms with Crippen molar-refractivity contribution in [1.29, 1.82) is 0 Å². The van der Waals surface area contributed by atoms with E-state index in [2.05, 4.69) is 9.97 Å². The Morgan fingerprint density at radius 3 is 2.38 bits per heavy atom. The number of hydrogen-bond donors (Lipinski definition) is 0. The Kier molecular flexibility index (Phi) is 3.56. The van der Waals surface area contributed by atoms with E-state index in [-0.39, 0.29) is 10.5 Å². The number of rotatable bonds is 1. The van der Waals surface area contributed by atoms with Crippen LogP contribution in [-0.2, 0) is 0 Å². The molecule has 21 heavy (non-hydrogen) atoms. The van der Waals surface area contributed by atoms with Crippen LogP contribution in [0.3, 0.4) is 0 Å². The Hall–Kier alpha value is -1.71. The molecule has 1 heterocycles. The minimum absolute atomic E-state index is 0.105. The van der Waals surface area contributed by atoms with Crippen LogP contribution in [-0.4, -0.2) is 9.97 Å². The number of aromatic nitrogens is 2. The molecule has 3 rings (SSSR count). The van der Waals surface area contributed by atoms with E-state index in [0.29, 0.717) is 16.4 Å². The molecular weight excluding hydrogens is 310 g/mol. The van der Waals surface area contributed by atoms with E-state index < -0.39 is 5.82 Å². The van der Waals surface area contributed by atoms with Crippen molar-refractivity contribution in [3.8, 4) is 11.4 Å². The van der Waals surface area contributed by atoms with Crippen LogP contribution in [0.1, 0.15) is 11.1 Å². The van der Waals surface area contributed by atoms with Gasteiger partial charge in [0.05, 0.1) is 10.9 Å². The van der Waals surface area contributed by atoms with E-state index in [9.17, 15) is 4.39 Å². The van der Waals surface area contributed by atoms with Gasteiger partial charge in [0.2, 0.25) is 0 Å². The van der Waals surface area contributed by atoms with Crippen molar-refractivity contribution in [2.45, 2.75) is 13.8 Å². The van der Waals surface area contributed by atoms with Gasteiger partial charge in [0, 0.05) is 10.6 Å². The number of nitrogens with zero attached hydrogens (tertiary/aromatic N) is 2. The normalized spacial score (nSPS) is 11.1. The number of hydrogen-bond acceptors (Lipinski definition) is 2. The third kappa shape index (κ3) is 2.47. The topological polar surface area (TPSA) is 25.8 Å². The first-order valence-electron chi connectivity index (χ1n) is 6.36. The lowest BCUT2D eigenvalue weighted by molar-refractivity contribution is 0.639. The van der Waals surface area contributed by atoms with Crippen molar-refractivity contribution >= 4 is 34.1 Å². The highest BCUT2D eigenvalue weighted by atomic mass is 35.5. The van der Waals surface area contributed by atoms with E-state index in [4.69, 9.17) is 23.2 Å². The van der Waals surface area contributed by atoms with E-state index in [1.807, 2.05) is 26.0 Å². The quantitative estimate of drug-likeness (QED) is 0.564. The highest BCUT2D eigenvalue weighted by Crippen LogP contribution is 2.30. The fourth-order valence-corrected chi connectivity index (χ4v) is 2.59. The van der Waals surface area contributed by atoms with Crippen molar-refractivity contribution in [3.05, 3.63) is 57.5 Å². The third-order valence-electron chi connectivity index (χ3n) is 3.39. The molecule has 0 fully saturated rings. The van der Waals surface area contributed by atoms with Crippen molar-refractivity contribution in [2.24, 2.45) is 0 Å². The zero-order valence-electron chi connectivity index (χ0n) is 11.4. The van der Waals surface area contributed by atoms with Crippen molar-refractivity contribution in [1.82, 2.24) is 9.97 Å². The molecule has 5 heteroatoms. The molecule has 0 unspecified atom stereocenters. The summed E-state index contributed by atoms with van der Waals surface area (Å²) < 4.78 is 13.9. The molecule has 0 N–H and O–H groups in total. The molecule has 0 aliphatic carbocycles. The number of halogens is 3. The van der Waals surface area contributed by atoms with Crippen molar-refractivity contribution in [2.75, 3.05) is 0 Å². The van der Waals surface area contributed by atoms with Gasteiger partial charge in [0.15, 0.2) is 5.82 Å². The van der Waals surface area contributed by atoms with Crippen LogP contribution in [0.25, 0.3) is 22.3 Å². The molecule has 2 aromatic carbocycles. The van der Waals surface area contributed by atoms with Gasteiger partial charge in [-0.3, -0.25) is 0 Å². The molecule has 2 nitrogen and oxygen atoms in total. The van der Waals surface area contributed by atoms with Crippen molar-refractivity contribution in [3.63, 3.8) is 0 Å². The van der Waals surface area contributed by atoms with Gasteiger partial charge < -0.3 is 0 Å². The molecule has 0 atom stereocenters. The van der Waals surface area contributed by atoms with Gasteiger partial charge >= 0.3 is 0 Å². The molecule has 106 valence electrons. The molecule has 0 saturated heterocycles. The first kappa shape index (κ1) is 14.2. The number of aryl methyl sites for hydroxylation is 2. The molecular formula is C16H11Cl2FN2. The van der Waals surface area contributed by atoms with Crippen LogP contribution in [0.2, 0.25) is 10.2 Å². The maximum Gasteiger partial charge on any atom is 0.161 e. The second kappa shape index (κ2) is 5.24. The summed E-state index contributed by atoms with van der Waals surface area (Å²) in [4.78, 5) is 8.64. The van der Waals surface area contributed by atoms with Gasteiger partial charge in [0.1, 0.15) is 11.0 Å². The smallest absolute Gasteiger partial charge is 0.161 e. The van der Waals surface area contributed by atoms with Crippen LogP contribution in [0.4, 0.5) is 4.39 Å². The van der Waals surface area contributed by atoms with Gasteiger partial charge in [-0.05, 0) is 37.1 Å². The van der Waals surface area contributed by atoms with Gasteiger partial charge in [0.25, 0.3) is 0 Å². The highest BCUT2D eigenvalue weighted by Gasteiger charge is 2.14. The third-order valence-corrected chi connectivity index (χ3v) is 4.07. The molecule has 0 radical (unpaired) electrons. The Labute approximate surface area is 131 Å². The van der Waals surface area contributed by atoms with E-state index in [0.717, 1.165) is 16.7 Å². The van der Waals surface area contributed by atoms with Crippen LogP contribution in [0.5, 0.6) is 0 Å². The highest BCUT2D eigenvalue weighted by molar-refractivity contribution is 6.34. The van der Waals surface area contributed by atoms with Crippen LogP contribution in [0.15, 0.2) is 30.3 Å². The summed E-state index contributed by atoms with van der Waals surface area (Å²) in [7, 11) is 0. The summed E-state index contributed by atoms with van der Waals surface area (Å²) in [6.45, 7) is 3.77. The minimum Gasteiger partial charge on any atom is -0.228 e. The van der Waals surface area contributed by atoms with Crippen LogP contribution < -0.4 is 0 Å². The zero-order chi connectivity index (χ0) is 15.1. The van der Waals surface area contributed by atoms with Crippen molar-refractivity contribution < 1.29 is 4.39 Å². The number of benzene rings is 2. The summed E-state index contributed by atoms with van der Waals surface area (Å²) in [5.74, 6) is 0.0113. The Balaban J connectivity index is 2.30. The molecule has 0 bridgehead atoms. The summed E-state index contributed by atoms with van der Waals surface area (Å²) in [6, 6.07) is 8.58. The largest absolute Gasteiger partial charge is 0.228 e. The number of fused-ring (bicyclic) bond motifs is 1. The maximum atomic E-state index is 13.9. The average molecular weight is 321 g/mol. The SMILES string of the molecule is Cc1ccc(-c2nc(Cl)c3c(F)ccc(C)c3n2)cc1Cl. The second-order valence-corrected chi connectivity index (χ2v) is 5.66. The van der Waals surface area contributed by atoms with E-state index in [1.165, 1.54) is 6.07 Å². The summed E-state index contributed by atoms with van der Waals surface area (Å²) in [5, 5.41) is 0.981. The fourth-order valence-electron chi connectivity index (χ4n) is 2.15. The molecule has 0 amide bonds. The first-order valence-corrected chi connectivity index (χ1v) is 7.12. The predicted octanol–water partition coefficient (Wildman–Crippen LogP) is 5.36. The minimum atomic E-state index is -0.422. The monoisotopic (exact) mass is 320 g/mol. The zero-order valence-corrected chi connectivity index (χ0v) is 12.9. The molecule has 0 spiro atoms. The predicted molar refractivity (Wildman–Crippen MR) is 84.4 cm³/mol. The second-order valence-electron chi connectivity index (χ2n) is 4.89. The summed E-state index contributed by atoms with van der Waals surface area (Å²) in [6.07, 6.45) is 0. The maximum absolute atomic E-state index is 13.9. The lowest BCUT2D eigenvalue weighted by Gasteiger charge is -2.08. The average Bonchev–Trinajstić information content (AvgIpc) is 2.45. The van der Waals surface area contributed by atoms with Gasteiger partial charge in [-0.2, -0.15) is 0 Å². The summed E-state index contributed by atoms with van der Waals surface area (Å²) >= 11 is 12.3. The standard InChI is InChI=1S/C16H11Cl2FN2/c1-8-3-5-10(7-11(8)17)16-20-14-9(2)4-6-12(19)13(14)15(18)21-16/h3-7H,1-2H3. The van der Waals surface area contributed by atoms with E-state index >= 15 is 0 Å². The first-order chi connectivity index (χ1) is 9.97. The molecule has 0 aliphatic heterocycles. The van der Waals surface area contributed by atoms with Crippen LogP contribution in [0, 0.1) is 19.7 Å². The summed E-state index contributed by atoms with van der Waals surface area (Å²) in [5.41, 5.74) is 3.07. The van der Waals surface area contributed by atoms with Crippen LogP contribution >= 0.6 is 23.2 Å².